The van der Waals surface area contributed by atoms with Crippen molar-refractivity contribution in [2.45, 2.75) is 0 Å². The number of fused-ring (bicyclic) bond motifs is 2. The van der Waals surface area contributed by atoms with E-state index in [1.165, 1.54) is 9.40 Å². The fourth-order valence-corrected chi connectivity index (χ4v) is 6.35. The van der Waals surface area contributed by atoms with Crippen LogP contribution >= 0.6 is 22.7 Å². The minimum absolute atomic E-state index is 0.843. The van der Waals surface area contributed by atoms with Gasteiger partial charge < -0.3 is 10.6 Å². The van der Waals surface area contributed by atoms with Crippen molar-refractivity contribution in [2.75, 3.05) is 26.2 Å². The number of hydrogen-bond acceptors (Lipinski definition) is 8. The molecular formula is C26H20N6S2. The lowest BCUT2D eigenvalue weighted by molar-refractivity contribution is 0.960. The Balaban J connectivity index is 1.18. The number of nitrogens with one attached hydrogen (secondary N) is 2. The highest BCUT2D eigenvalue weighted by Crippen LogP contribution is 2.34. The molecule has 8 heteroatoms. The third kappa shape index (κ3) is 3.46. The highest BCUT2D eigenvalue weighted by atomic mass is 32.1. The van der Waals surface area contributed by atoms with Crippen LogP contribution in [0, 0.1) is 0 Å². The normalized spacial score (nSPS) is 15.4. The summed E-state index contributed by atoms with van der Waals surface area (Å²) in [6.07, 6.45) is 0. The minimum atomic E-state index is 0.843. The second-order valence-electron chi connectivity index (χ2n) is 8.29. The highest BCUT2D eigenvalue weighted by Gasteiger charge is 2.14. The second kappa shape index (κ2) is 8.00. The number of aliphatic imine (C=N–C) groups is 2. The van der Waals surface area contributed by atoms with E-state index in [2.05, 4.69) is 81.3 Å². The first-order valence-electron chi connectivity index (χ1n) is 11.3. The molecule has 166 valence electrons. The van der Waals surface area contributed by atoms with Crippen LogP contribution in [0.25, 0.3) is 41.6 Å². The lowest BCUT2D eigenvalue weighted by Crippen LogP contribution is -2.19. The average Bonchev–Trinajstić information content (AvgIpc) is 3.69. The Morgan fingerprint density at radius 2 is 1.00 bits per heavy atom. The Bertz CT molecular complexity index is 1490. The number of hydrogen-bond donors (Lipinski definition) is 2. The second-order valence-corrected chi connectivity index (χ2v) is 10.4. The van der Waals surface area contributed by atoms with Gasteiger partial charge in [-0.15, -0.1) is 22.7 Å². The van der Waals surface area contributed by atoms with Gasteiger partial charge in [0.1, 0.15) is 21.7 Å². The van der Waals surface area contributed by atoms with Crippen LogP contribution in [0.3, 0.4) is 0 Å². The van der Waals surface area contributed by atoms with E-state index in [1.807, 2.05) is 0 Å². The average molecular weight is 481 g/mol. The zero-order chi connectivity index (χ0) is 22.5. The van der Waals surface area contributed by atoms with Crippen LogP contribution in [0.1, 0.15) is 11.1 Å². The van der Waals surface area contributed by atoms with Crippen molar-refractivity contribution in [3.63, 3.8) is 0 Å². The van der Waals surface area contributed by atoms with E-state index >= 15 is 0 Å². The molecule has 0 aliphatic carbocycles. The third-order valence-electron chi connectivity index (χ3n) is 6.05. The molecule has 4 heterocycles. The third-order valence-corrected chi connectivity index (χ3v) is 8.19. The van der Waals surface area contributed by atoms with Crippen LogP contribution in [0.5, 0.6) is 0 Å². The first-order valence-corrected chi connectivity index (χ1v) is 12.9. The van der Waals surface area contributed by atoms with Gasteiger partial charge in [-0.05, 0) is 36.4 Å². The molecular weight excluding hydrogens is 460 g/mol. The molecule has 0 saturated carbocycles. The van der Waals surface area contributed by atoms with Gasteiger partial charge in [-0.25, -0.2) is 9.97 Å². The summed E-state index contributed by atoms with van der Waals surface area (Å²) in [5, 5.41) is 8.74. The van der Waals surface area contributed by atoms with E-state index in [1.54, 1.807) is 22.7 Å². The number of benzene rings is 3. The largest absolute Gasteiger partial charge is 0.368 e. The summed E-state index contributed by atoms with van der Waals surface area (Å²) in [4.78, 5) is 18.8. The van der Waals surface area contributed by atoms with E-state index in [4.69, 9.17) is 9.97 Å². The van der Waals surface area contributed by atoms with Gasteiger partial charge in [0.25, 0.3) is 0 Å². The van der Waals surface area contributed by atoms with Gasteiger partial charge in [0.2, 0.25) is 0 Å². The van der Waals surface area contributed by atoms with E-state index in [-0.39, 0.29) is 0 Å². The molecule has 0 unspecified atom stereocenters. The van der Waals surface area contributed by atoms with Crippen LogP contribution in [-0.4, -0.2) is 47.8 Å². The molecule has 7 rings (SSSR count). The molecule has 2 aromatic heterocycles. The number of rotatable bonds is 4. The van der Waals surface area contributed by atoms with Gasteiger partial charge in [0.05, 0.1) is 33.5 Å². The lowest BCUT2D eigenvalue weighted by atomic mass is 10.1. The molecule has 0 saturated heterocycles. The maximum Gasteiger partial charge on any atom is 0.128 e. The molecule has 2 aliphatic rings. The summed E-state index contributed by atoms with van der Waals surface area (Å²) >= 11 is 3.44. The van der Waals surface area contributed by atoms with Crippen molar-refractivity contribution < 1.29 is 0 Å². The Kier molecular flexibility index (Phi) is 4.66. The molecule has 0 amide bonds. The van der Waals surface area contributed by atoms with Crippen LogP contribution < -0.4 is 10.6 Å². The number of nitrogens with zero attached hydrogens (tertiary/aromatic N) is 4. The zero-order valence-electron chi connectivity index (χ0n) is 18.2. The van der Waals surface area contributed by atoms with Gasteiger partial charge in [-0.3, -0.25) is 9.98 Å². The molecule has 0 fully saturated rings. The molecule has 0 bridgehead atoms. The van der Waals surface area contributed by atoms with E-state index in [0.717, 1.165) is 81.2 Å². The van der Waals surface area contributed by atoms with Crippen molar-refractivity contribution in [3.05, 3.63) is 71.8 Å². The molecule has 3 aromatic carbocycles. The Morgan fingerprint density at radius 1 is 0.559 bits per heavy atom. The molecule has 0 spiro atoms. The van der Waals surface area contributed by atoms with E-state index in [0.29, 0.717) is 0 Å². The predicted octanol–water partition coefficient (Wildman–Crippen LogP) is 4.94. The molecule has 2 N–H and O–H groups in total. The topological polar surface area (TPSA) is 74.6 Å². The minimum Gasteiger partial charge on any atom is -0.368 e. The van der Waals surface area contributed by atoms with E-state index < -0.39 is 0 Å². The van der Waals surface area contributed by atoms with Crippen molar-refractivity contribution in [1.29, 1.82) is 0 Å². The summed E-state index contributed by atoms with van der Waals surface area (Å²) in [5.74, 6) is 1.97. The fraction of sp³-hybridized carbons (Fsp3) is 0.154. The Morgan fingerprint density at radius 3 is 1.41 bits per heavy atom. The van der Waals surface area contributed by atoms with Crippen molar-refractivity contribution >= 4 is 54.8 Å². The molecule has 5 aromatic rings. The molecule has 0 radical (unpaired) electrons. The van der Waals surface area contributed by atoms with Gasteiger partial charge in [0.15, 0.2) is 0 Å². The number of amidine groups is 2. The van der Waals surface area contributed by atoms with Crippen LogP contribution in [-0.2, 0) is 0 Å². The fourth-order valence-electron chi connectivity index (χ4n) is 4.33. The quantitative estimate of drug-likeness (QED) is 0.382. The standard InChI is InChI=1S/C26H20N6S2/c1-2-16(26-32-20-8-6-18(14-22(20)34-26)24-29-11-12-30-24)4-3-15(1)25-31-19-7-5-17(13-21(19)33-25)23-27-9-10-28-23/h1-8,13-14H,9-12H2,(H,27,28)(H,29,30). The van der Waals surface area contributed by atoms with Gasteiger partial charge >= 0.3 is 0 Å². The van der Waals surface area contributed by atoms with Crippen LogP contribution in [0.15, 0.2) is 70.6 Å². The van der Waals surface area contributed by atoms with E-state index in [9.17, 15) is 0 Å². The summed E-state index contributed by atoms with van der Waals surface area (Å²) in [7, 11) is 0. The predicted molar refractivity (Wildman–Crippen MR) is 142 cm³/mol. The molecule has 0 atom stereocenters. The smallest absolute Gasteiger partial charge is 0.128 e. The Hall–Kier alpha value is -3.62. The first kappa shape index (κ1) is 19.8. The maximum atomic E-state index is 4.86. The number of aromatic nitrogens is 2. The van der Waals surface area contributed by atoms with Crippen LogP contribution in [0.4, 0.5) is 0 Å². The summed E-state index contributed by atoms with van der Waals surface area (Å²) < 4.78 is 2.35. The maximum absolute atomic E-state index is 4.86. The highest BCUT2D eigenvalue weighted by molar-refractivity contribution is 7.22. The lowest BCUT2D eigenvalue weighted by Gasteiger charge is -2.01. The summed E-state index contributed by atoms with van der Waals surface area (Å²) in [5.41, 5.74) is 6.55. The van der Waals surface area contributed by atoms with Gasteiger partial charge in [-0.1, -0.05) is 24.3 Å². The van der Waals surface area contributed by atoms with Gasteiger partial charge in [-0.2, -0.15) is 0 Å². The molecule has 34 heavy (non-hydrogen) atoms. The van der Waals surface area contributed by atoms with Crippen molar-refractivity contribution in [3.8, 4) is 21.1 Å². The summed E-state index contributed by atoms with van der Waals surface area (Å²) in [6, 6.07) is 21.3. The van der Waals surface area contributed by atoms with Crippen LogP contribution in [0.2, 0.25) is 0 Å². The van der Waals surface area contributed by atoms with Crippen molar-refractivity contribution in [1.82, 2.24) is 20.6 Å². The molecule has 2 aliphatic heterocycles. The summed E-state index contributed by atoms with van der Waals surface area (Å²) in [6.45, 7) is 3.51. The molecule has 6 nitrogen and oxygen atoms in total. The van der Waals surface area contributed by atoms with Gasteiger partial charge in [0, 0.05) is 35.3 Å². The number of thiazole rings is 2. The zero-order valence-corrected chi connectivity index (χ0v) is 19.8. The monoisotopic (exact) mass is 480 g/mol. The Labute approximate surface area is 204 Å². The van der Waals surface area contributed by atoms with Crippen molar-refractivity contribution in [2.24, 2.45) is 9.98 Å². The first-order chi connectivity index (χ1) is 16.8. The SMILES string of the molecule is c1cc2nc(-c3ccc(-c4nc5ccc(C6=NCCN6)cc5s4)cc3)sc2cc1C1=NCCN1.